The van der Waals surface area contributed by atoms with Crippen molar-refractivity contribution in [2.24, 2.45) is 7.05 Å². The molecule has 2 N–H and O–H groups in total. The van der Waals surface area contributed by atoms with Crippen molar-refractivity contribution in [2.75, 3.05) is 19.6 Å². The number of carbonyl (C=O) groups is 1. The molecule has 4 aromatic rings. The summed E-state index contributed by atoms with van der Waals surface area (Å²) >= 11 is 0. The van der Waals surface area contributed by atoms with Crippen molar-refractivity contribution in [3.05, 3.63) is 71.1 Å². The monoisotopic (exact) mass is 505 g/mol. The van der Waals surface area contributed by atoms with Crippen LogP contribution in [-0.4, -0.2) is 61.5 Å². The minimum absolute atomic E-state index is 0.0747. The van der Waals surface area contributed by atoms with Crippen LogP contribution >= 0.6 is 0 Å². The molecule has 4 heterocycles. The number of benzene rings is 2. The Bertz CT molecular complexity index is 1440. The van der Waals surface area contributed by atoms with Crippen LogP contribution in [0.15, 0.2) is 42.6 Å². The van der Waals surface area contributed by atoms with Gasteiger partial charge in [0, 0.05) is 73.1 Å². The van der Waals surface area contributed by atoms with E-state index in [0.717, 1.165) is 52.8 Å². The number of nitrogens with one attached hydrogen (secondary N) is 2. The van der Waals surface area contributed by atoms with Crippen LogP contribution in [0.2, 0.25) is 0 Å². The van der Waals surface area contributed by atoms with E-state index in [9.17, 15) is 13.6 Å². The number of aromatic nitrogens is 4. The predicted octanol–water partition coefficient (Wildman–Crippen LogP) is 3.97. The molecule has 0 spiro atoms. The smallest absolute Gasteiger partial charge is 0.317 e. The first kappa shape index (κ1) is 23.6. The standard InChI is InChI=1S/C27H29F2N7O/c1-34-13-18-12-17(7-8-24(18)33-34)26-21-16-36(11-9-25(21)31-32-26)27(37)30-19-4-3-10-35(14-19)15-20-22(28)5-2-6-23(20)29/h2,5-8,12-13,19H,3-4,9-11,14-16H2,1H3,(H,30,37)(H,31,32). The van der Waals surface area contributed by atoms with Crippen molar-refractivity contribution in [2.45, 2.75) is 38.4 Å². The molecule has 2 amide bonds. The maximum atomic E-state index is 14.1. The van der Waals surface area contributed by atoms with Crippen LogP contribution in [0.1, 0.15) is 29.7 Å². The molecule has 8 nitrogen and oxygen atoms in total. The second-order valence-corrected chi connectivity index (χ2v) is 10.0. The van der Waals surface area contributed by atoms with Gasteiger partial charge in [-0.25, -0.2) is 13.6 Å². The maximum Gasteiger partial charge on any atom is 0.317 e. The normalized spacial score (nSPS) is 18.2. The number of aromatic amines is 1. The second kappa shape index (κ2) is 9.59. The number of nitrogens with zero attached hydrogens (tertiary/aromatic N) is 5. The van der Waals surface area contributed by atoms with Crippen LogP contribution < -0.4 is 5.32 Å². The molecule has 1 saturated heterocycles. The van der Waals surface area contributed by atoms with Gasteiger partial charge in [0.1, 0.15) is 11.6 Å². The van der Waals surface area contributed by atoms with E-state index in [0.29, 0.717) is 26.1 Å². The SMILES string of the molecule is Cn1cc2cc(-c3n[nH]c4c3CN(C(=O)NC3CCCN(Cc5c(F)cccc5F)C3)CC4)ccc2n1. The van der Waals surface area contributed by atoms with E-state index < -0.39 is 11.6 Å². The summed E-state index contributed by atoms with van der Waals surface area (Å²) in [5, 5.41) is 16.4. The number of amides is 2. The number of fused-ring (bicyclic) bond motifs is 2. The van der Waals surface area contributed by atoms with Crippen LogP contribution in [0.5, 0.6) is 0 Å². The minimum Gasteiger partial charge on any atom is -0.334 e. The third kappa shape index (κ3) is 4.69. The first-order chi connectivity index (χ1) is 17.9. The zero-order valence-corrected chi connectivity index (χ0v) is 20.7. The van der Waals surface area contributed by atoms with Crippen molar-refractivity contribution in [1.82, 2.24) is 35.1 Å². The fourth-order valence-electron chi connectivity index (χ4n) is 5.49. The average molecular weight is 506 g/mol. The maximum absolute atomic E-state index is 14.1. The molecule has 6 rings (SSSR count). The molecule has 2 aromatic carbocycles. The quantitative estimate of drug-likeness (QED) is 0.440. The Hall–Kier alpha value is -3.79. The number of aryl methyl sites for hydroxylation is 1. The van der Waals surface area contributed by atoms with Gasteiger partial charge < -0.3 is 10.2 Å². The van der Waals surface area contributed by atoms with Crippen LogP contribution in [0, 0.1) is 11.6 Å². The average Bonchev–Trinajstić information content (AvgIpc) is 3.48. The van der Waals surface area contributed by atoms with Gasteiger partial charge in [0.15, 0.2) is 0 Å². The highest BCUT2D eigenvalue weighted by molar-refractivity contribution is 5.84. The Labute approximate surface area is 213 Å². The lowest BCUT2D eigenvalue weighted by molar-refractivity contribution is 0.158. The molecule has 10 heteroatoms. The third-order valence-electron chi connectivity index (χ3n) is 7.39. The van der Waals surface area contributed by atoms with Crippen molar-refractivity contribution in [3.63, 3.8) is 0 Å². The summed E-state index contributed by atoms with van der Waals surface area (Å²) in [6.45, 7) is 2.55. The van der Waals surface area contributed by atoms with Crippen molar-refractivity contribution < 1.29 is 13.6 Å². The highest BCUT2D eigenvalue weighted by Crippen LogP contribution is 2.30. The molecule has 0 saturated carbocycles. The molecule has 37 heavy (non-hydrogen) atoms. The van der Waals surface area contributed by atoms with E-state index >= 15 is 0 Å². The molecule has 0 bridgehead atoms. The molecule has 1 fully saturated rings. The number of piperidine rings is 1. The second-order valence-electron chi connectivity index (χ2n) is 10.0. The van der Waals surface area contributed by atoms with Gasteiger partial charge in [0.25, 0.3) is 0 Å². The molecule has 2 aromatic heterocycles. The number of rotatable bonds is 4. The van der Waals surface area contributed by atoms with Gasteiger partial charge in [0.05, 0.1) is 17.8 Å². The summed E-state index contributed by atoms with van der Waals surface area (Å²) in [4.78, 5) is 17.1. The Morgan fingerprint density at radius 2 is 2.03 bits per heavy atom. The Morgan fingerprint density at radius 3 is 2.86 bits per heavy atom. The van der Waals surface area contributed by atoms with Crippen molar-refractivity contribution in [1.29, 1.82) is 0 Å². The van der Waals surface area contributed by atoms with E-state index in [4.69, 9.17) is 0 Å². The lowest BCUT2D eigenvalue weighted by Crippen LogP contribution is -2.52. The molecule has 2 aliphatic heterocycles. The van der Waals surface area contributed by atoms with E-state index in [1.807, 2.05) is 35.2 Å². The summed E-state index contributed by atoms with van der Waals surface area (Å²) in [5.74, 6) is -1.07. The molecule has 0 radical (unpaired) electrons. The first-order valence-electron chi connectivity index (χ1n) is 12.6. The van der Waals surface area contributed by atoms with Gasteiger partial charge >= 0.3 is 6.03 Å². The summed E-state index contributed by atoms with van der Waals surface area (Å²) in [6, 6.07) is 9.82. The van der Waals surface area contributed by atoms with E-state index in [-0.39, 0.29) is 24.2 Å². The topological polar surface area (TPSA) is 82.1 Å². The summed E-state index contributed by atoms with van der Waals surface area (Å²) in [5.41, 5.74) is 4.94. The van der Waals surface area contributed by atoms with Crippen LogP contribution in [-0.2, 0) is 26.6 Å². The number of halogens is 2. The van der Waals surface area contributed by atoms with Gasteiger partial charge in [-0.2, -0.15) is 10.2 Å². The Balaban J connectivity index is 1.13. The van der Waals surface area contributed by atoms with Crippen LogP contribution in [0.25, 0.3) is 22.2 Å². The highest BCUT2D eigenvalue weighted by atomic mass is 19.1. The molecule has 192 valence electrons. The largest absolute Gasteiger partial charge is 0.334 e. The number of likely N-dealkylation sites (tertiary alicyclic amines) is 1. The molecular weight excluding hydrogens is 476 g/mol. The van der Waals surface area contributed by atoms with Gasteiger partial charge in [-0.3, -0.25) is 14.7 Å². The zero-order chi connectivity index (χ0) is 25.5. The predicted molar refractivity (Wildman–Crippen MR) is 136 cm³/mol. The van der Waals surface area contributed by atoms with Gasteiger partial charge in [-0.15, -0.1) is 0 Å². The Morgan fingerprint density at radius 1 is 1.19 bits per heavy atom. The summed E-state index contributed by atoms with van der Waals surface area (Å²) < 4.78 is 30.0. The summed E-state index contributed by atoms with van der Waals surface area (Å²) in [6.07, 6.45) is 4.37. The molecular formula is C27H29F2N7O. The molecule has 2 aliphatic rings. The Kier molecular flexibility index (Phi) is 6.11. The first-order valence-corrected chi connectivity index (χ1v) is 12.6. The lowest BCUT2D eigenvalue weighted by atomic mass is 10.0. The minimum atomic E-state index is -0.533. The van der Waals surface area contributed by atoms with Crippen molar-refractivity contribution in [3.8, 4) is 11.3 Å². The van der Waals surface area contributed by atoms with Crippen LogP contribution in [0.4, 0.5) is 13.6 Å². The number of H-pyrrole nitrogens is 1. The fourth-order valence-corrected chi connectivity index (χ4v) is 5.49. The lowest BCUT2D eigenvalue weighted by Gasteiger charge is -2.35. The number of carbonyl (C=O) groups excluding carboxylic acids is 1. The number of hydrogen-bond acceptors (Lipinski definition) is 4. The fraction of sp³-hybridized carbons (Fsp3) is 0.370. The molecule has 0 aliphatic carbocycles. The van der Waals surface area contributed by atoms with Crippen molar-refractivity contribution >= 4 is 16.9 Å². The number of urea groups is 1. The van der Waals surface area contributed by atoms with Gasteiger partial charge in [-0.05, 0) is 43.7 Å². The zero-order valence-electron chi connectivity index (χ0n) is 20.7. The van der Waals surface area contributed by atoms with Gasteiger partial charge in [-0.1, -0.05) is 12.1 Å². The molecule has 1 unspecified atom stereocenters. The van der Waals surface area contributed by atoms with Gasteiger partial charge in [0.2, 0.25) is 0 Å². The third-order valence-corrected chi connectivity index (χ3v) is 7.39. The molecule has 1 atom stereocenters. The number of hydrogen-bond donors (Lipinski definition) is 2. The summed E-state index contributed by atoms with van der Waals surface area (Å²) in [7, 11) is 1.90. The van der Waals surface area contributed by atoms with Crippen LogP contribution in [0.3, 0.4) is 0 Å². The van der Waals surface area contributed by atoms with E-state index in [1.165, 1.54) is 18.2 Å². The highest BCUT2D eigenvalue weighted by Gasteiger charge is 2.29. The van der Waals surface area contributed by atoms with E-state index in [2.05, 4.69) is 26.7 Å². The van der Waals surface area contributed by atoms with E-state index in [1.54, 1.807) is 4.68 Å².